The zero-order valence-corrected chi connectivity index (χ0v) is 9.33. The molecule has 2 heterocycles. The van der Waals surface area contributed by atoms with Crippen LogP contribution in [0.1, 0.15) is 12.5 Å². The van der Waals surface area contributed by atoms with Crippen LogP contribution in [0.25, 0.3) is 0 Å². The minimum Gasteiger partial charge on any atom is -0.388 e. The van der Waals surface area contributed by atoms with Crippen LogP contribution in [0.4, 0.5) is 0 Å². The van der Waals surface area contributed by atoms with Crippen LogP contribution < -0.4 is 0 Å². The summed E-state index contributed by atoms with van der Waals surface area (Å²) in [7, 11) is 0. The van der Waals surface area contributed by atoms with Crippen LogP contribution in [-0.2, 0) is 6.42 Å². The van der Waals surface area contributed by atoms with Crippen LogP contribution in [0.5, 0.6) is 0 Å². The van der Waals surface area contributed by atoms with Crippen molar-refractivity contribution in [3.63, 3.8) is 0 Å². The first-order chi connectivity index (χ1) is 6.21. The topological polar surface area (TPSA) is 20.2 Å². The molecule has 1 fully saturated rings. The average Bonchev–Trinajstić information content (AvgIpc) is 2.65. The fourth-order valence-electron chi connectivity index (χ4n) is 1.68. The van der Waals surface area contributed by atoms with Crippen molar-refractivity contribution < 1.29 is 5.11 Å². The van der Waals surface area contributed by atoms with Crippen molar-refractivity contribution in [3.05, 3.63) is 22.4 Å². The van der Waals surface area contributed by atoms with Gasteiger partial charge in [-0.1, -0.05) is 6.92 Å². The first-order valence-electron chi connectivity index (χ1n) is 4.52. The normalized spacial score (nSPS) is 33.8. The van der Waals surface area contributed by atoms with E-state index in [0.717, 1.165) is 17.9 Å². The second-order valence-corrected chi connectivity index (χ2v) is 5.64. The molecular formula is C10H14OS2. The third-order valence-corrected chi connectivity index (χ3v) is 4.90. The Balaban J connectivity index is 2.08. The van der Waals surface area contributed by atoms with Gasteiger partial charge in [-0.05, 0) is 34.1 Å². The monoisotopic (exact) mass is 214 g/mol. The minimum atomic E-state index is -0.453. The predicted molar refractivity (Wildman–Crippen MR) is 59.5 cm³/mol. The van der Waals surface area contributed by atoms with Crippen molar-refractivity contribution in [2.75, 3.05) is 11.5 Å². The molecule has 3 heteroatoms. The zero-order valence-electron chi connectivity index (χ0n) is 7.69. The number of thiophene rings is 1. The number of aliphatic hydroxyl groups is 1. The molecule has 2 rings (SSSR count). The van der Waals surface area contributed by atoms with E-state index in [-0.39, 0.29) is 0 Å². The Labute approximate surface area is 87.2 Å². The highest BCUT2D eigenvalue weighted by Crippen LogP contribution is 2.36. The lowest BCUT2D eigenvalue weighted by Crippen LogP contribution is -2.37. The van der Waals surface area contributed by atoms with Gasteiger partial charge >= 0.3 is 0 Å². The van der Waals surface area contributed by atoms with Gasteiger partial charge in [-0.2, -0.15) is 23.1 Å². The van der Waals surface area contributed by atoms with Crippen LogP contribution in [0.2, 0.25) is 0 Å². The first kappa shape index (κ1) is 9.56. The van der Waals surface area contributed by atoms with E-state index < -0.39 is 5.60 Å². The zero-order chi connectivity index (χ0) is 9.31. The van der Waals surface area contributed by atoms with Gasteiger partial charge in [0.05, 0.1) is 5.60 Å². The molecule has 0 saturated carbocycles. The van der Waals surface area contributed by atoms with Gasteiger partial charge in [0.2, 0.25) is 0 Å². The molecule has 0 radical (unpaired) electrons. The minimum absolute atomic E-state index is 0.428. The molecular weight excluding hydrogens is 200 g/mol. The molecule has 72 valence electrons. The number of rotatable bonds is 2. The van der Waals surface area contributed by atoms with Crippen molar-refractivity contribution in [3.8, 4) is 0 Å². The van der Waals surface area contributed by atoms with Crippen molar-refractivity contribution in [2.24, 2.45) is 5.92 Å². The summed E-state index contributed by atoms with van der Waals surface area (Å²) in [6.07, 6.45) is 0.824. The van der Waals surface area contributed by atoms with Crippen molar-refractivity contribution in [1.29, 1.82) is 0 Å². The Morgan fingerprint density at radius 2 is 2.54 bits per heavy atom. The lowest BCUT2D eigenvalue weighted by molar-refractivity contribution is 0.0279. The summed E-state index contributed by atoms with van der Waals surface area (Å²) in [6.45, 7) is 2.15. The lowest BCUT2D eigenvalue weighted by atomic mass is 9.87. The molecule has 0 amide bonds. The van der Waals surface area contributed by atoms with E-state index >= 15 is 0 Å². The van der Waals surface area contributed by atoms with Gasteiger partial charge < -0.3 is 5.11 Å². The molecule has 0 spiro atoms. The Bertz CT molecular complexity index is 270. The number of hydrogen-bond donors (Lipinski definition) is 1. The molecule has 0 bridgehead atoms. The number of thioether (sulfide) groups is 1. The molecule has 1 saturated heterocycles. The SMILES string of the molecule is CC1CSCC1(O)Cc1ccsc1. The van der Waals surface area contributed by atoms with Crippen LogP contribution >= 0.6 is 23.1 Å². The summed E-state index contributed by atoms with van der Waals surface area (Å²) in [5, 5.41) is 14.5. The van der Waals surface area contributed by atoms with E-state index in [2.05, 4.69) is 23.8 Å². The van der Waals surface area contributed by atoms with E-state index in [1.807, 2.05) is 11.8 Å². The van der Waals surface area contributed by atoms with Gasteiger partial charge in [0, 0.05) is 12.2 Å². The molecule has 13 heavy (non-hydrogen) atoms. The largest absolute Gasteiger partial charge is 0.388 e. The first-order valence-corrected chi connectivity index (χ1v) is 6.62. The number of hydrogen-bond acceptors (Lipinski definition) is 3. The fraction of sp³-hybridized carbons (Fsp3) is 0.600. The maximum absolute atomic E-state index is 10.3. The second-order valence-electron chi connectivity index (χ2n) is 3.83. The fourth-order valence-corrected chi connectivity index (χ4v) is 3.87. The van der Waals surface area contributed by atoms with E-state index in [9.17, 15) is 5.11 Å². The van der Waals surface area contributed by atoms with Crippen LogP contribution in [-0.4, -0.2) is 22.2 Å². The maximum Gasteiger partial charge on any atom is 0.0811 e. The molecule has 1 aromatic rings. The summed E-state index contributed by atoms with van der Waals surface area (Å²) in [5.41, 5.74) is 0.827. The summed E-state index contributed by atoms with van der Waals surface area (Å²) in [4.78, 5) is 0. The predicted octanol–water partition coefficient (Wildman–Crippen LogP) is 2.40. The van der Waals surface area contributed by atoms with Crippen LogP contribution in [0, 0.1) is 5.92 Å². The van der Waals surface area contributed by atoms with Crippen LogP contribution in [0.15, 0.2) is 16.8 Å². The summed E-state index contributed by atoms with van der Waals surface area (Å²) >= 11 is 3.57. The van der Waals surface area contributed by atoms with E-state index in [1.54, 1.807) is 11.3 Å². The summed E-state index contributed by atoms with van der Waals surface area (Å²) in [5.74, 6) is 2.42. The third-order valence-electron chi connectivity index (χ3n) is 2.73. The standard InChI is InChI=1S/C10H14OS2/c1-8-5-13-7-10(8,11)4-9-2-3-12-6-9/h2-3,6,8,11H,4-5,7H2,1H3. The molecule has 1 aromatic heterocycles. The molecule has 1 aliphatic rings. The Hall–Kier alpha value is 0.01000. The summed E-state index contributed by atoms with van der Waals surface area (Å²) < 4.78 is 0. The highest BCUT2D eigenvalue weighted by Gasteiger charge is 2.38. The maximum atomic E-state index is 10.3. The van der Waals surface area contributed by atoms with Crippen molar-refractivity contribution in [2.45, 2.75) is 18.9 Å². The molecule has 1 N–H and O–H groups in total. The molecule has 0 aliphatic carbocycles. The molecule has 0 aromatic carbocycles. The molecule has 1 nitrogen and oxygen atoms in total. The van der Waals surface area contributed by atoms with Gasteiger partial charge in [-0.25, -0.2) is 0 Å². The van der Waals surface area contributed by atoms with Crippen LogP contribution in [0.3, 0.4) is 0 Å². The van der Waals surface area contributed by atoms with Gasteiger partial charge in [0.1, 0.15) is 0 Å². The molecule has 1 aliphatic heterocycles. The second kappa shape index (κ2) is 3.64. The van der Waals surface area contributed by atoms with Gasteiger partial charge in [0.15, 0.2) is 0 Å². The highest BCUT2D eigenvalue weighted by molar-refractivity contribution is 7.99. The van der Waals surface area contributed by atoms with Crippen molar-refractivity contribution in [1.82, 2.24) is 0 Å². The summed E-state index contributed by atoms with van der Waals surface area (Å²) in [6, 6.07) is 2.11. The Morgan fingerprint density at radius 3 is 3.08 bits per heavy atom. The highest BCUT2D eigenvalue weighted by atomic mass is 32.2. The van der Waals surface area contributed by atoms with E-state index in [4.69, 9.17) is 0 Å². The van der Waals surface area contributed by atoms with Gasteiger partial charge in [-0.3, -0.25) is 0 Å². The van der Waals surface area contributed by atoms with Gasteiger partial charge in [-0.15, -0.1) is 0 Å². The Kier molecular flexibility index (Phi) is 2.67. The average molecular weight is 214 g/mol. The third kappa shape index (κ3) is 1.92. The quantitative estimate of drug-likeness (QED) is 0.816. The van der Waals surface area contributed by atoms with Crippen molar-refractivity contribution >= 4 is 23.1 Å². The lowest BCUT2D eigenvalue weighted by Gasteiger charge is -2.26. The van der Waals surface area contributed by atoms with Gasteiger partial charge in [0.25, 0.3) is 0 Å². The van der Waals surface area contributed by atoms with E-state index in [0.29, 0.717) is 5.92 Å². The van der Waals surface area contributed by atoms with E-state index in [1.165, 1.54) is 5.56 Å². The molecule has 2 unspecified atom stereocenters. The smallest absolute Gasteiger partial charge is 0.0811 e. The molecule has 2 atom stereocenters. The Morgan fingerprint density at radius 1 is 1.69 bits per heavy atom.